The molecule has 4 nitrogen and oxygen atoms in total. The number of carbonyl (C=O) groups is 1. The molecule has 0 saturated heterocycles. The highest BCUT2D eigenvalue weighted by atomic mass is 79.9. The maximum absolute atomic E-state index is 10.5. The zero-order chi connectivity index (χ0) is 12.8. The number of aryl methyl sites for hydroxylation is 1. The lowest BCUT2D eigenvalue weighted by molar-refractivity contribution is -0.138. The maximum atomic E-state index is 10.5. The smallest absolute Gasteiger partial charge is 0.321 e. The van der Waals surface area contributed by atoms with Crippen molar-refractivity contribution >= 4 is 21.9 Å². The van der Waals surface area contributed by atoms with E-state index in [0.29, 0.717) is 6.54 Å². The summed E-state index contributed by atoms with van der Waals surface area (Å²) < 4.78 is 1.06. The Morgan fingerprint density at radius 3 is 2.94 bits per heavy atom. The van der Waals surface area contributed by atoms with Gasteiger partial charge in [-0.3, -0.25) is 4.79 Å². The fraction of sp³-hybridized carbons (Fsp3) is 0.417. The van der Waals surface area contributed by atoms with Gasteiger partial charge in [-0.25, -0.2) is 0 Å². The summed E-state index contributed by atoms with van der Waals surface area (Å²) in [6, 6.07) is 5.31. The number of rotatable bonds is 6. The first-order chi connectivity index (χ1) is 8.00. The molecule has 0 aliphatic carbocycles. The van der Waals surface area contributed by atoms with Gasteiger partial charge < -0.3 is 16.2 Å². The summed E-state index contributed by atoms with van der Waals surface area (Å²) in [7, 11) is 0. The van der Waals surface area contributed by atoms with Crippen LogP contribution in [0.3, 0.4) is 0 Å². The van der Waals surface area contributed by atoms with E-state index in [9.17, 15) is 4.79 Å². The minimum atomic E-state index is -0.976. The molecule has 0 aliphatic rings. The first-order valence-electron chi connectivity index (χ1n) is 5.45. The van der Waals surface area contributed by atoms with Gasteiger partial charge >= 0.3 is 5.97 Å². The van der Waals surface area contributed by atoms with Crippen LogP contribution in [0.4, 0.5) is 0 Å². The van der Waals surface area contributed by atoms with Crippen molar-refractivity contribution in [2.24, 2.45) is 5.73 Å². The average Bonchev–Trinajstić information content (AvgIpc) is 2.28. The minimum absolute atomic E-state index is 0.294. The quantitative estimate of drug-likeness (QED) is 0.692. The number of halogens is 1. The largest absolute Gasteiger partial charge is 0.480 e. The van der Waals surface area contributed by atoms with Crippen LogP contribution >= 0.6 is 15.9 Å². The molecule has 0 amide bonds. The molecule has 0 aromatic heterocycles. The lowest BCUT2D eigenvalue weighted by atomic mass is 10.1. The van der Waals surface area contributed by atoms with Gasteiger partial charge in [0.1, 0.15) is 6.04 Å². The molecule has 0 heterocycles. The van der Waals surface area contributed by atoms with Gasteiger partial charge in [-0.15, -0.1) is 0 Å². The number of hydrogen-bond acceptors (Lipinski definition) is 3. The molecular formula is C12H17BrN2O2. The molecule has 5 heteroatoms. The summed E-state index contributed by atoms with van der Waals surface area (Å²) in [5.74, 6) is -0.976. The summed E-state index contributed by atoms with van der Waals surface area (Å²) in [4.78, 5) is 10.5. The van der Waals surface area contributed by atoms with E-state index in [4.69, 9.17) is 10.8 Å². The summed E-state index contributed by atoms with van der Waals surface area (Å²) >= 11 is 3.43. The Kier molecular flexibility index (Phi) is 5.61. The van der Waals surface area contributed by atoms with Crippen LogP contribution in [0.15, 0.2) is 22.7 Å². The molecular weight excluding hydrogens is 284 g/mol. The predicted octanol–water partition coefficient (Wildman–Crippen LogP) is 1.30. The monoisotopic (exact) mass is 300 g/mol. The molecule has 1 rings (SSSR count). The molecule has 94 valence electrons. The van der Waals surface area contributed by atoms with Crippen molar-refractivity contribution in [3.05, 3.63) is 33.8 Å². The second-order valence-corrected chi connectivity index (χ2v) is 4.89. The molecule has 0 fully saturated rings. The molecule has 4 N–H and O–H groups in total. The highest BCUT2D eigenvalue weighted by molar-refractivity contribution is 9.10. The third kappa shape index (κ3) is 4.85. The van der Waals surface area contributed by atoms with Crippen LogP contribution in [0.25, 0.3) is 0 Å². The molecule has 0 radical (unpaired) electrons. The van der Waals surface area contributed by atoms with Crippen molar-refractivity contribution < 1.29 is 9.90 Å². The Morgan fingerprint density at radius 1 is 1.59 bits per heavy atom. The average molecular weight is 301 g/mol. The van der Waals surface area contributed by atoms with Crippen LogP contribution in [0.2, 0.25) is 0 Å². The van der Waals surface area contributed by atoms with Crippen molar-refractivity contribution in [1.29, 1.82) is 0 Å². The maximum Gasteiger partial charge on any atom is 0.321 e. The van der Waals surface area contributed by atoms with Gasteiger partial charge in [0.2, 0.25) is 0 Å². The first kappa shape index (κ1) is 14.2. The number of carboxylic acid groups (broad SMARTS) is 1. The fourth-order valence-corrected chi connectivity index (χ4v) is 1.89. The van der Waals surface area contributed by atoms with E-state index in [-0.39, 0.29) is 0 Å². The number of nitrogens with two attached hydrogens (primary N) is 1. The first-order valence-corrected chi connectivity index (χ1v) is 6.24. The number of benzene rings is 1. The topological polar surface area (TPSA) is 75.3 Å². The zero-order valence-corrected chi connectivity index (χ0v) is 11.3. The van der Waals surface area contributed by atoms with E-state index in [0.717, 1.165) is 17.4 Å². The summed E-state index contributed by atoms with van der Waals surface area (Å²) in [5.41, 5.74) is 7.86. The third-order valence-corrected chi connectivity index (χ3v) is 3.06. The number of carboxylic acids is 1. The molecule has 0 spiro atoms. The predicted molar refractivity (Wildman–Crippen MR) is 71.1 cm³/mol. The normalized spacial score (nSPS) is 12.4. The molecule has 1 aromatic rings. The van der Waals surface area contributed by atoms with Gasteiger partial charge in [0.15, 0.2) is 0 Å². The van der Waals surface area contributed by atoms with E-state index >= 15 is 0 Å². The number of aliphatic carboxylic acids is 1. The van der Waals surface area contributed by atoms with Gasteiger partial charge in [-0.05, 0) is 43.1 Å². The number of nitrogens with one attached hydrogen (secondary N) is 1. The molecule has 1 aromatic carbocycles. The van der Waals surface area contributed by atoms with Crippen molar-refractivity contribution in [2.75, 3.05) is 13.1 Å². The van der Waals surface area contributed by atoms with Crippen LogP contribution in [-0.4, -0.2) is 30.2 Å². The molecule has 17 heavy (non-hydrogen) atoms. The molecule has 0 bridgehead atoms. The van der Waals surface area contributed by atoms with Crippen molar-refractivity contribution in [3.8, 4) is 0 Å². The Bertz CT molecular complexity index is 396. The minimum Gasteiger partial charge on any atom is -0.480 e. The van der Waals surface area contributed by atoms with Crippen molar-refractivity contribution in [1.82, 2.24) is 5.32 Å². The summed E-state index contributed by atoms with van der Waals surface area (Å²) in [6.07, 6.45) is 0.859. The lowest BCUT2D eigenvalue weighted by Crippen LogP contribution is -2.40. The van der Waals surface area contributed by atoms with Crippen LogP contribution in [0.1, 0.15) is 11.1 Å². The van der Waals surface area contributed by atoms with Gasteiger partial charge in [0.25, 0.3) is 0 Å². The standard InChI is InChI=1S/C12H17BrN2O2/c1-8-2-3-10(13)6-9(8)4-5-15-7-11(14)12(16)17/h2-3,6,11,15H,4-5,7,14H2,1H3,(H,16,17). The van der Waals surface area contributed by atoms with Crippen LogP contribution in [0.5, 0.6) is 0 Å². The number of hydrogen-bond donors (Lipinski definition) is 3. The summed E-state index contributed by atoms with van der Waals surface area (Å²) in [5, 5.41) is 11.6. The van der Waals surface area contributed by atoms with Crippen LogP contribution in [-0.2, 0) is 11.2 Å². The van der Waals surface area contributed by atoms with Gasteiger partial charge in [0.05, 0.1) is 0 Å². The second-order valence-electron chi connectivity index (χ2n) is 3.97. The Morgan fingerprint density at radius 2 is 2.29 bits per heavy atom. The van der Waals surface area contributed by atoms with Crippen LogP contribution in [0, 0.1) is 6.92 Å². The third-order valence-electron chi connectivity index (χ3n) is 2.56. The van der Waals surface area contributed by atoms with E-state index in [1.807, 2.05) is 6.07 Å². The van der Waals surface area contributed by atoms with E-state index in [2.05, 4.69) is 40.3 Å². The molecule has 0 saturated carbocycles. The van der Waals surface area contributed by atoms with Gasteiger partial charge in [0, 0.05) is 11.0 Å². The SMILES string of the molecule is Cc1ccc(Br)cc1CCNCC(N)C(=O)O. The van der Waals surface area contributed by atoms with E-state index in [1.54, 1.807) is 0 Å². The molecule has 1 unspecified atom stereocenters. The highest BCUT2D eigenvalue weighted by Gasteiger charge is 2.09. The lowest BCUT2D eigenvalue weighted by Gasteiger charge is -2.10. The zero-order valence-electron chi connectivity index (χ0n) is 9.74. The Balaban J connectivity index is 2.36. The van der Waals surface area contributed by atoms with Crippen molar-refractivity contribution in [3.63, 3.8) is 0 Å². The highest BCUT2D eigenvalue weighted by Crippen LogP contribution is 2.16. The fourth-order valence-electron chi connectivity index (χ4n) is 1.48. The van der Waals surface area contributed by atoms with E-state index in [1.165, 1.54) is 11.1 Å². The van der Waals surface area contributed by atoms with Gasteiger partial charge in [-0.1, -0.05) is 22.0 Å². The second kappa shape index (κ2) is 6.74. The van der Waals surface area contributed by atoms with Gasteiger partial charge in [-0.2, -0.15) is 0 Å². The van der Waals surface area contributed by atoms with Crippen LogP contribution < -0.4 is 11.1 Å². The Hall–Kier alpha value is -0.910. The molecule has 0 aliphatic heterocycles. The van der Waals surface area contributed by atoms with E-state index < -0.39 is 12.0 Å². The summed E-state index contributed by atoms with van der Waals surface area (Å²) in [6.45, 7) is 3.07. The Labute approximate surface area is 109 Å². The molecule has 1 atom stereocenters. The van der Waals surface area contributed by atoms with Crippen molar-refractivity contribution in [2.45, 2.75) is 19.4 Å².